The Morgan fingerprint density at radius 1 is 1.09 bits per heavy atom. The van der Waals surface area contributed by atoms with E-state index in [0.717, 1.165) is 27.0 Å². The van der Waals surface area contributed by atoms with Crippen LogP contribution in [0.5, 0.6) is 11.5 Å². The third-order valence-electron chi connectivity index (χ3n) is 4.00. The molecule has 0 spiro atoms. The van der Waals surface area contributed by atoms with E-state index in [0.29, 0.717) is 25.4 Å². The molecule has 0 aliphatic carbocycles. The molecule has 0 saturated carbocycles. The molecular weight excluding hydrogens is 346 g/mol. The van der Waals surface area contributed by atoms with Crippen LogP contribution < -0.4 is 14.8 Å². The lowest BCUT2D eigenvalue weighted by molar-refractivity contribution is -0.116. The van der Waals surface area contributed by atoms with E-state index in [4.69, 9.17) is 9.47 Å². The minimum Gasteiger partial charge on any atom is -0.486 e. The van der Waals surface area contributed by atoms with Crippen molar-refractivity contribution in [3.8, 4) is 11.5 Å². The lowest BCUT2D eigenvalue weighted by Crippen LogP contribution is -2.24. The van der Waals surface area contributed by atoms with Gasteiger partial charge in [0, 0.05) is 28.6 Å². The summed E-state index contributed by atoms with van der Waals surface area (Å²) in [6, 6.07) is 11.9. The minimum atomic E-state index is 0.0224. The molecule has 1 amide bonds. The summed E-state index contributed by atoms with van der Waals surface area (Å²) in [5.41, 5.74) is 2.99. The Morgan fingerprint density at radius 2 is 1.86 bits per heavy atom. The van der Waals surface area contributed by atoms with Gasteiger partial charge in [0.2, 0.25) is 5.91 Å². The number of carbonyl (C=O) groups is 1. The van der Waals surface area contributed by atoms with E-state index in [1.54, 1.807) is 0 Å². The van der Waals surface area contributed by atoms with Gasteiger partial charge in [0.15, 0.2) is 11.5 Å². The molecule has 0 aromatic heterocycles. The predicted octanol–water partition coefficient (Wildman–Crippen LogP) is 3.69. The summed E-state index contributed by atoms with van der Waals surface area (Å²) >= 11 is 3.50. The van der Waals surface area contributed by atoms with Gasteiger partial charge in [-0.1, -0.05) is 28.1 Å². The van der Waals surface area contributed by atoms with Crippen LogP contribution in [-0.4, -0.2) is 19.1 Å². The molecule has 1 N–H and O–H groups in total. The second kappa shape index (κ2) is 5.32. The second-order valence-corrected chi connectivity index (χ2v) is 6.36. The average molecular weight is 360 g/mol. The third kappa shape index (κ3) is 2.35. The number of anilines is 1. The molecule has 0 saturated heterocycles. The van der Waals surface area contributed by atoms with Crippen molar-refractivity contribution in [2.45, 2.75) is 12.3 Å². The van der Waals surface area contributed by atoms with Crippen molar-refractivity contribution in [1.29, 1.82) is 0 Å². The zero-order chi connectivity index (χ0) is 15.1. The number of rotatable bonds is 1. The van der Waals surface area contributed by atoms with E-state index in [1.165, 1.54) is 0 Å². The second-order valence-electron chi connectivity index (χ2n) is 5.44. The zero-order valence-corrected chi connectivity index (χ0v) is 13.4. The first-order valence-corrected chi connectivity index (χ1v) is 7.99. The number of ether oxygens (including phenoxy) is 2. The molecule has 2 aliphatic rings. The van der Waals surface area contributed by atoms with Crippen molar-refractivity contribution in [2.75, 3.05) is 18.5 Å². The first-order valence-electron chi connectivity index (χ1n) is 7.19. The Kier molecular flexibility index (Phi) is 3.30. The topological polar surface area (TPSA) is 47.6 Å². The van der Waals surface area contributed by atoms with E-state index in [9.17, 15) is 4.79 Å². The summed E-state index contributed by atoms with van der Waals surface area (Å²) < 4.78 is 12.3. The molecule has 22 heavy (non-hydrogen) atoms. The van der Waals surface area contributed by atoms with Crippen molar-refractivity contribution in [1.82, 2.24) is 0 Å². The molecule has 5 heteroatoms. The molecule has 0 unspecified atom stereocenters. The van der Waals surface area contributed by atoms with Gasteiger partial charge in [-0.05, 0) is 29.3 Å². The first-order chi connectivity index (χ1) is 10.7. The Labute approximate surface area is 136 Å². The van der Waals surface area contributed by atoms with Crippen LogP contribution in [0, 0.1) is 0 Å². The fourth-order valence-corrected chi connectivity index (χ4v) is 3.44. The number of amides is 1. The summed E-state index contributed by atoms with van der Waals surface area (Å²) in [6.07, 6.45) is 0.434. The van der Waals surface area contributed by atoms with Crippen molar-refractivity contribution in [3.63, 3.8) is 0 Å². The quantitative estimate of drug-likeness (QED) is 0.844. The Hall–Kier alpha value is -2.01. The number of benzene rings is 2. The number of hydrogen-bond acceptors (Lipinski definition) is 3. The molecule has 2 aromatic carbocycles. The lowest BCUT2D eigenvalue weighted by Gasteiger charge is -2.29. The first kappa shape index (κ1) is 13.6. The molecule has 4 nitrogen and oxygen atoms in total. The van der Waals surface area contributed by atoms with E-state index in [2.05, 4.69) is 33.4 Å². The summed E-state index contributed by atoms with van der Waals surface area (Å²) in [6.45, 7) is 1.09. The molecule has 2 aliphatic heterocycles. The summed E-state index contributed by atoms with van der Waals surface area (Å²) in [4.78, 5) is 12.1. The molecule has 0 bridgehead atoms. The average Bonchev–Trinajstić information content (AvgIpc) is 2.52. The lowest BCUT2D eigenvalue weighted by atomic mass is 9.84. The zero-order valence-electron chi connectivity index (χ0n) is 11.8. The highest BCUT2D eigenvalue weighted by molar-refractivity contribution is 9.10. The number of carbonyl (C=O) groups excluding carboxylic acids is 1. The van der Waals surface area contributed by atoms with Crippen LogP contribution in [0.15, 0.2) is 40.9 Å². The molecular formula is C17H14BrNO3. The van der Waals surface area contributed by atoms with Crippen LogP contribution in [-0.2, 0) is 4.79 Å². The summed E-state index contributed by atoms with van der Waals surface area (Å²) in [5, 5.41) is 2.94. The van der Waals surface area contributed by atoms with Gasteiger partial charge < -0.3 is 14.8 Å². The van der Waals surface area contributed by atoms with Crippen LogP contribution >= 0.6 is 15.9 Å². The standard InChI is InChI=1S/C17H14BrNO3/c18-11-3-1-2-10(6-11)12-8-17(20)19-14-9-16-15(7-13(12)14)21-4-5-22-16/h1-3,6-7,9,12H,4-5,8H2,(H,19,20)/t12-/m1/s1. The number of nitrogens with one attached hydrogen (secondary N) is 1. The molecule has 0 radical (unpaired) electrons. The number of fused-ring (bicyclic) bond motifs is 2. The maximum absolute atomic E-state index is 12.1. The molecule has 2 heterocycles. The number of halogens is 1. The van der Waals surface area contributed by atoms with Gasteiger partial charge in [0.25, 0.3) is 0 Å². The van der Waals surface area contributed by atoms with Gasteiger partial charge in [0.05, 0.1) is 0 Å². The maximum Gasteiger partial charge on any atom is 0.225 e. The van der Waals surface area contributed by atoms with Crippen molar-refractivity contribution >= 4 is 27.5 Å². The van der Waals surface area contributed by atoms with Gasteiger partial charge >= 0.3 is 0 Å². The minimum absolute atomic E-state index is 0.0224. The molecule has 4 rings (SSSR count). The van der Waals surface area contributed by atoms with E-state index in [1.807, 2.05) is 24.3 Å². The highest BCUT2D eigenvalue weighted by Gasteiger charge is 2.29. The Bertz CT molecular complexity index is 760. The van der Waals surface area contributed by atoms with Gasteiger partial charge in [-0.15, -0.1) is 0 Å². The third-order valence-corrected chi connectivity index (χ3v) is 4.50. The predicted molar refractivity (Wildman–Crippen MR) is 86.7 cm³/mol. The normalized spacial score (nSPS) is 19.3. The Balaban J connectivity index is 1.84. The molecule has 0 fully saturated rings. The SMILES string of the molecule is O=C1C[C@H](c2cccc(Br)c2)c2cc3c(cc2N1)OCCO3. The molecule has 2 aromatic rings. The van der Waals surface area contributed by atoms with Gasteiger partial charge in [-0.2, -0.15) is 0 Å². The number of hydrogen-bond donors (Lipinski definition) is 1. The van der Waals surface area contributed by atoms with Gasteiger partial charge in [0.1, 0.15) is 13.2 Å². The van der Waals surface area contributed by atoms with Crippen molar-refractivity contribution in [2.24, 2.45) is 0 Å². The monoisotopic (exact) mass is 359 g/mol. The summed E-state index contributed by atoms with van der Waals surface area (Å²) in [7, 11) is 0. The smallest absolute Gasteiger partial charge is 0.225 e. The highest BCUT2D eigenvalue weighted by atomic mass is 79.9. The van der Waals surface area contributed by atoms with Crippen LogP contribution in [0.2, 0.25) is 0 Å². The van der Waals surface area contributed by atoms with Crippen LogP contribution in [0.4, 0.5) is 5.69 Å². The van der Waals surface area contributed by atoms with Crippen molar-refractivity contribution < 1.29 is 14.3 Å². The highest BCUT2D eigenvalue weighted by Crippen LogP contribution is 2.44. The molecule has 112 valence electrons. The van der Waals surface area contributed by atoms with Crippen LogP contribution in [0.3, 0.4) is 0 Å². The van der Waals surface area contributed by atoms with Gasteiger partial charge in [-0.25, -0.2) is 0 Å². The van der Waals surface area contributed by atoms with Crippen LogP contribution in [0.1, 0.15) is 23.5 Å². The fraction of sp³-hybridized carbons (Fsp3) is 0.235. The van der Waals surface area contributed by atoms with E-state index >= 15 is 0 Å². The van der Waals surface area contributed by atoms with E-state index < -0.39 is 0 Å². The largest absolute Gasteiger partial charge is 0.486 e. The fourth-order valence-electron chi connectivity index (χ4n) is 3.02. The summed E-state index contributed by atoms with van der Waals surface area (Å²) in [5.74, 6) is 1.49. The van der Waals surface area contributed by atoms with Crippen molar-refractivity contribution in [3.05, 3.63) is 52.0 Å². The van der Waals surface area contributed by atoms with Gasteiger partial charge in [-0.3, -0.25) is 4.79 Å². The molecule has 1 atom stereocenters. The maximum atomic E-state index is 12.1. The van der Waals surface area contributed by atoms with E-state index in [-0.39, 0.29) is 11.8 Å². The Morgan fingerprint density at radius 3 is 2.64 bits per heavy atom. The van der Waals surface area contributed by atoms with Crippen LogP contribution in [0.25, 0.3) is 0 Å².